The first kappa shape index (κ1) is 11.3. The van der Waals surface area contributed by atoms with Gasteiger partial charge in [0.05, 0.1) is 0 Å². The van der Waals surface area contributed by atoms with E-state index in [2.05, 4.69) is 0 Å². The van der Waals surface area contributed by atoms with Gasteiger partial charge in [-0.25, -0.2) is 0 Å². The molecule has 1 rings (SSSR count). The fraction of sp³-hybridized carbons (Fsp3) is 0.250. The first-order valence-electron chi connectivity index (χ1n) is 4.77. The van der Waals surface area contributed by atoms with E-state index >= 15 is 0 Å². The van der Waals surface area contributed by atoms with Crippen LogP contribution in [0, 0.1) is 0 Å². The molecule has 0 heterocycles. The van der Waals surface area contributed by atoms with Crippen molar-refractivity contribution in [1.82, 2.24) is 0 Å². The van der Waals surface area contributed by atoms with Gasteiger partial charge in [-0.05, 0) is 36.6 Å². The van der Waals surface area contributed by atoms with Crippen LogP contribution in [-0.4, -0.2) is 16.2 Å². The summed E-state index contributed by atoms with van der Waals surface area (Å²) in [7, 11) is 0. The maximum atomic E-state index is 10.3. The summed E-state index contributed by atoms with van der Waals surface area (Å²) in [5.41, 5.74) is 1.90. The summed E-state index contributed by atoms with van der Waals surface area (Å²) in [6.45, 7) is 1.90. The van der Waals surface area contributed by atoms with Gasteiger partial charge < -0.3 is 10.2 Å². The van der Waals surface area contributed by atoms with Crippen molar-refractivity contribution in [3.8, 4) is 5.75 Å². The van der Waals surface area contributed by atoms with E-state index in [0.717, 1.165) is 11.1 Å². The average molecular weight is 206 g/mol. The van der Waals surface area contributed by atoms with Crippen LogP contribution in [0.1, 0.15) is 25.3 Å². The molecule has 0 spiro atoms. The first-order valence-corrected chi connectivity index (χ1v) is 4.77. The highest BCUT2D eigenvalue weighted by atomic mass is 16.4. The number of hydrogen-bond donors (Lipinski definition) is 2. The lowest BCUT2D eigenvalue weighted by Gasteiger charge is -2.01. The van der Waals surface area contributed by atoms with Crippen molar-refractivity contribution in [2.24, 2.45) is 0 Å². The minimum absolute atomic E-state index is 0.135. The minimum atomic E-state index is -0.796. The Morgan fingerprint density at radius 2 is 2.20 bits per heavy atom. The van der Waals surface area contributed by atoms with Gasteiger partial charge in [0, 0.05) is 6.42 Å². The monoisotopic (exact) mass is 206 g/mol. The van der Waals surface area contributed by atoms with Crippen LogP contribution in [0.25, 0.3) is 5.57 Å². The second-order valence-electron chi connectivity index (χ2n) is 3.37. The molecule has 80 valence electrons. The highest BCUT2D eigenvalue weighted by molar-refractivity contribution is 5.68. The van der Waals surface area contributed by atoms with E-state index in [4.69, 9.17) is 5.11 Å². The fourth-order valence-electron chi connectivity index (χ4n) is 1.28. The van der Waals surface area contributed by atoms with Gasteiger partial charge in [-0.2, -0.15) is 0 Å². The number of hydrogen-bond acceptors (Lipinski definition) is 2. The minimum Gasteiger partial charge on any atom is -0.508 e. The number of phenolic OH excluding ortho intramolecular Hbond substituents is 1. The number of carboxylic acids is 1. The zero-order valence-corrected chi connectivity index (χ0v) is 8.60. The molecule has 0 unspecified atom stereocenters. The van der Waals surface area contributed by atoms with Crippen LogP contribution in [0.15, 0.2) is 30.3 Å². The van der Waals surface area contributed by atoms with Crippen LogP contribution in [0.2, 0.25) is 0 Å². The molecule has 0 aliphatic carbocycles. The summed E-state index contributed by atoms with van der Waals surface area (Å²) < 4.78 is 0. The van der Waals surface area contributed by atoms with E-state index in [9.17, 15) is 9.90 Å². The molecule has 1 aromatic carbocycles. The van der Waals surface area contributed by atoms with Gasteiger partial charge in [0.2, 0.25) is 0 Å². The zero-order chi connectivity index (χ0) is 11.3. The summed E-state index contributed by atoms with van der Waals surface area (Å²) in [5.74, 6) is -0.576. The van der Waals surface area contributed by atoms with Gasteiger partial charge in [-0.15, -0.1) is 0 Å². The predicted molar refractivity (Wildman–Crippen MR) is 58.6 cm³/mol. The number of benzene rings is 1. The van der Waals surface area contributed by atoms with Crippen LogP contribution in [-0.2, 0) is 4.79 Å². The fourth-order valence-corrected chi connectivity index (χ4v) is 1.28. The summed E-state index contributed by atoms with van der Waals surface area (Å²) in [4.78, 5) is 10.3. The number of carbonyl (C=O) groups is 1. The second-order valence-corrected chi connectivity index (χ2v) is 3.37. The molecule has 0 bridgehead atoms. The number of aliphatic carboxylic acids is 1. The Labute approximate surface area is 88.7 Å². The summed E-state index contributed by atoms with van der Waals surface area (Å²) >= 11 is 0. The van der Waals surface area contributed by atoms with Crippen molar-refractivity contribution in [1.29, 1.82) is 0 Å². The van der Waals surface area contributed by atoms with Crippen molar-refractivity contribution in [2.45, 2.75) is 19.8 Å². The van der Waals surface area contributed by atoms with Gasteiger partial charge >= 0.3 is 5.97 Å². The lowest BCUT2D eigenvalue weighted by Crippen LogP contribution is -1.92. The molecule has 1 aromatic rings. The molecular formula is C12H14O3. The molecule has 0 saturated carbocycles. The lowest BCUT2D eigenvalue weighted by molar-refractivity contribution is -0.136. The quantitative estimate of drug-likeness (QED) is 0.796. The van der Waals surface area contributed by atoms with Crippen molar-refractivity contribution in [2.75, 3.05) is 0 Å². The van der Waals surface area contributed by atoms with Crippen molar-refractivity contribution >= 4 is 11.5 Å². The van der Waals surface area contributed by atoms with Gasteiger partial charge in [-0.1, -0.05) is 18.2 Å². The third kappa shape index (κ3) is 3.85. The molecule has 0 fully saturated rings. The van der Waals surface area contributed by atoms with Crippen LogP contribution in [0.4, 0.5) is 0 Å². The smallest absolute Gasteiger partial charge is 0.303 e. The second kappa shape index (κ2) is 5.20. The average Bonchev–Trinajstić information content (AvgIpc) is 2.17. The Morgan fingerprint density at radius 1 is 1.47 bits per heavy atom. The molecule has 3 nitrogen and oxygen atoms in total. The van der Waals surface area contributed by atoms with Crippen molar-refractivity contribution in [3.05, 3.63) is 35.9 Å². The molecule has 0 aliphatic heterocycles. The molecule has 0 atom stereocenters. The Bertz CT molecular complexity index is 380. The van der Waals surface area contributed by atoms with Crippen LogP contribution >= 0.6 is 0 Å². The first-order chi connectivity index (χ1) is 7.09. The van der Waals surface area contributed by atoms with E-state index in [1.807, 2.05) is 19.1 Å². The van der Waals surface area contributed by atoms with Gasteiger partial charge in [-0.3, -0.25) is 4.79 Å². The highest BCUT2D eigenvalue weighted by Gasteiger charge is 1.98. The Hall–Kier alpha value is -1.77. The molecule has 0 saturated heterocycles. The third-order valence-electron chi connectivity index (χ3n) is 2.11. The molecule has 0 amide bonds. The SMILES string of the molecule is C/C(=C\CCC(=O)O)c1cccc(O)c1. The van der Waals surface area contributed by atoms with Gasteiger partial charge in [0.15, 0.2) is 0 Å². The van der Waals surface area contributed by atoms with Gasteiger partial charge in [0.25, 0.3) is 0 Å². The largest absolute Gasteiger partial charge is 0.508 e. The standard InChI is InChI=1S/C12H14O3/c1-9(4-2-7-12(14)15)10-5-3-6-11(13)8-10/h3-6,8,13H,2,7H2,1H3,(H,14,15)/b9-4+. The number of aromatic hydroxyl groups is 1. The number of carboxylic acid groups (broad SMARTS) is 1. The van der Waals surface area contributed by atoms with E-state index < -0.39 is 5.97 Å². The van der Waals surface area contributed by atoms with Gasteiger partial charge in [0.1, 0.15) is 5.75 Å². The van der Waals surface area contributed by atoms with E-state index in [1.54, 1.807) is 18.2 Å². The predicted octanol–water partition coefficient (Wildman–Crippen LogP) is 2.66. The van der Waals surface area contributed by atoms with Crippen molar-refractivity contribution < 1.29 is 15.0 Å². The summed E-state index contributed by atoms with van der Waals surface area (Å²) in [6.07, 6.45) is 2.51. The Morgan fingerprint density at radius 3 is 2.80 bits per heavy atom. The zero-order valence-electron chi connectivity index (χ0n) is 8.60. The van der Waals surface area contributed by atoms with Crippen LogP contribution in [0.5, 0.6) is 5.75 Å². The molecule has 15 heavy (non-hydrogen) atoms. The molecule has 2 N–H and O–H groups in total. The molecule has 0 aliphatic rings. The third-order valence-corrected chi connectivity index (χ3v) is 2.11. The molecule has 3 heteroatoms. The summed E-state index contributed by atoms with van der Waals surface area (Å²) in [5, 5.41) is 17.7. The number of allylic oxidation sites excluding steroid dienone is 2. The number of phenols is 1. The number of rotatable bonds is 4. The maximum Gasteiger partial charge on any atom is 0.303 e. The van der Waals surface area contributed by atoms with Crippen LogP contribution in [0.3, 0.4) is 0 Å². The Kier molecular flexibility index (Phi) is 3.92. The maximum absolute atomic E-state index is 10.3. The lowest BCUT2D eigenvalue weighted by atomic mass is 10.1. The van der Waals surface area contributed by atoms with E-state index in [1.165, 1.54) is 0 Å². The topological polar surface area (TPSA) is 57.5 Å². The molecule has 0 aromatic heterocycles. The van der Waals surface area contributed by atoms with E-state index in [0.29, 0.717) is 6.42 Å². The normalized spacial score (nSPS) is 11.4. The van der Waals surface area contributed by atoms with Crippen LogP contribution < -0.4 is 0 Å². The highest BCUT2D eigenvalue weighted by Crippen LogP contribution is 2.19. The summed E-state index contributed by atoms with van der Waals surface area (Å²) in [6, 6.07) is 6.91. The van der Waals surface area contributed by atoms with Crippen molar-refractivity contribution in [3.63, 3.8) is 0 Å². The molecular weight excluding hydrogens is 192 g/mol. The molecule has 0 radical (unpaired) electrons. The Balaban J connectivity index is 2.67. The van der Waals surface area contributed by atoms with E-state index in [-0.39, 0.29) is 12.2 Å².